The molecule has 0 saturated carbocycles. The van der Waals surface area contributed by atoms with Gasteiger partial charge in [0, 0.05) is 22.2 Å². The molecule has 2 rings (SSSR count). The Kier molecular flexibility index (Phi) is 4.62. The number of halogens is 4. The number of nitrogens with two attached hydrogens (primary N) is 1. The molecule has 0 saturated heterocycles. The molecule has 0 aliphatic rings. The number of methoxy groups -OCH3 is 1. The van der Waals surface area contributed by atoms with E-state index in [-0.39, 0.29) is 11.3 Å². The van der Waals surface area contributed by atoms with Crippen molar-refractivity contribution in [1.29, 1.82) is 0 Å². The minimum absolute atomic E-state index is 0.0938. The van der Waals surface area contributed by atoms with E-state index < -0.39 is 17.7 Å². The Morgan fingerprint density at radius 3 is 2.40 bits per heavy atom. The number of ether oxygens (including phenoxy) is 1. The van der Waals surface area contributed by atoms with Crippen LogP contribution in [0.2, 0.25) is 5.02 Å². The highest BCUT2D eigenvalue weighted by Gasteiger charge is 2.22. The standard InChI is InChI=1S/C14H11BrClF2NO/c1-20-7-5-10(17)12(11(18)6-7)14(19)8-3-2-4-9(15)13(8)16/h2-6,14H,19H2,1H3. The SMILES string of the molecule is COc1cc(F)c(C(N)c2cccc(Br)c2Cl)c(F)c1. The molecular weight excluding hydrogens is 352 g/mol. The van der Waals surface area contributed by atoms with Crippen molar-refractivity contribution in [2.45, 2.75) is 6.04 Å². The zero-order valence-electron chi connectivity index (χ0n) is 10.5. The Bertz CT molecular complexity index is 628. The van der Waals surface area contributed by atoms with Crippen LogP contribution >= 0.6 is 27.5 Å². The molecule has 2 N–H and O–H groups in total. The molecule has 1 atom stereocenters. The number of hydrogen-bond acceptors (Lipinski definition) is 2. The van der Waals surface area contributed by atoms with Crippen LogP contribution in [0.5, 0.6) is 5.75 Å². The average Bonchev–Trinajstić information content (AvgIpc) is 2.40. The molecule has 2 nitrogen and oxygen atoms in total. The zero-order chi connectivity index (χ0) is 14.9. The minimum Gasteiger partial charge on any atom is -0.497 e. The minimum atomic E-state index is -1.01. The van der Waals surface area contributed by atoms with Gasteiger partial charge in [0.05, 0.1) is 18.2 Å². The Balaban J connectivity index is 2.54. The molecule has 0 heterocycles. The van der Waals surface area contributed by atoms with E-state index in [9.17, 15) is 8.78 Å². The van der Waals surface area contributed by atoms with Crippen LogP contribution in [0.1, 0.15) is 17.2 Å². The normalized spacial score (nSPS) is 12.3. The summed E-state index contributed by atoms with van der Waals surface area (Å²) in [4.78, 5) is 0. The van der Waals surface area contributed by atoms with E-state index >= 15 is 0 Å². The van der Waals surface area contributed by atoms with Gasteiger partial charge >= 0.3 is 0 Å². The van der Waals surface area contributed by atoms with E-state index in [0.29, 0.717) is 15.1 Å². The molecule has 0 fully saturated rings. The number of rotatable bonds is 3. The van der Waals surface area contributed by atoms with Gasteiger partial charge in [-0.1, -0.05) is 23.7 Å². The van der Waals surface area contributed by atoms with Crippen LogP contribution in [0, 0.1) is 11.6 Å². The molecule has 0 aromatic heterocycles. The summed E-state index contributed by atoms with van der Waals surface area (Å²) >= 11 is 9.36. The van der Waals surface area contributed by atoms with E-state index in [4.69, 9.17) is 22.1 Å². The highest BCUT2D eigenvalue weighted by molar-refractivity contribution is 9.10. The molecule has 0 amide bonds. The van der Waals surface area contributed by atoms with Gasteiger partial charge in [0.25, 0.3) is 0 Å². The van der Waals surface area contributed by atoms with E-state index in [1.807, 2.05) is 0 Å². The fourth-order valence-corrected chi connectivity index (χ4v) is 2.52. The summed E-state index contributed by atoms with van der Waals surface area (Å²) in [5.41, 5.74) is 6.14. The van der Waals surface area contributed by atoms with Crippen LogP contribution in [0.15, 0.2) is 34.8 Å². The lowest BCUT2D eigenvalue weighted by Gasteiger charge is -2.17. The second-order valence-electron chi connectivity index (χ2n) is 4.13. The molecule has 0 aliphatic heterocycles. The van der Waals surface area contributed by atoms with Crippen molar-refractivity contribution in [3.05, 3.63) is 62.6 Å². The van der Waals surface area contributed by atoms with Crippen LogP contribution in [-0.2, 0) is 0 Å². The van der Waals surface area contributed by atoms with Crippen molar-refractivity contribution < 1.29 is 13.5 Å². The van der Waals surface area contributed by atoms with Crippen LogP contribution < -0.4 is 10.5 Å². The summed E-state index contributed by atoms with van der Waals surface area (Å²) in [7, 11) is 1.33. The van der Waals surface area contributed by atoms with Gasteiger partial charge < -0.3 is 10.5 Å². The second-order valence-corrected chi connectivity index (χ2v) is 5.36. The maximum Gasteiger partial charge on any atom is 0.134 e. The molecule has 20 heavy (non-hydrogen) atoms. The predicted octanol–water partition coefficient (Wildman–Crippen LogP) is 4.44. The fraction of sp³-hybridized carbons (Fsp3) is 0.143. The van der Waals surface area contributed by atoms with Gasteiger partial charge in [0.1, 0.15) is 17.4 Å². The summed E-state index contributed by atoms with van der Waals surface area (Å²) in [6.07, 6.45) is 0. The van der Waals surface area contributed by atoms with Crippen LogP contribution in [0.4, 0.5) is 8.78 Å². The average molecular weight is 363 g/mol. The Morgan fingerprint density at radius 2 is 1.85 bits per heavy atom. The van der Waals surface area contributed by atoms with E-state index in [0.717, 1.165) is 12.1 Å². The summed E-state index contributed by atoms with van der Waals surface area (Å²) in [5, 5.41) is 0.328. The zero-order valence-corrected chi connectivity index (χ0v) is 12.8. The van der Waals surface area contributed by atoms with Gasteiger partial charge in [-0.15, -0.1) is 0 Å². The lowest BCUT2D eigenvalue weighted by atomic mass is 9.98. The smallest absolute Gasteiger partial charge is 0.134 e. The molecule has 6 heteroatoms. The molecule has 106 valence electrons. The van der Waals surface area contributed by atoms with Crippen molar-refractivity contribution in [1.82, 2.24) is 0 Å². The summed E-state index contributed by atoms with van der Waals surface area (Å²) in [6.45, 7) is 0. The Hall–Kier alpha value is -1.17. The number of hydrogen-bond donors (Lipinski definition) is 1. The van der Waals surface area contributed by atoms with Crippen molar-refractivity contribution >= 4 is 27.5 Å². The van der Waals surface area contributed by atoms with Gasteiger partial charge in [-0.05, 0) is 27.6 Å². The topological polar surface area (TPSA) is 35.2 Å². The maximum atomic E-state index is 14.0. The van der Waals surface area contributed by atoms with Crippen LogP contribution in [-0.4, -0.2) is 7.11 Å². The predicted molar refractivity (Wildman–Crippen MR) is 78.1 cm³/mol. The van der Waals surface area contributed by atoms with Crippen molar-refractivity contribution in [2.75, 3.05) is 7.11 Å². The van der Waals surface area contributed by atoms with Gasteiger partial charge in [0.15, 0.2) is 0 Å². The van der Waals surface area contributed by atoms with Gasteiger partial charge in [-0.3, -0.25) is 0 Å². The number of benzene rings is 2. The maximum absolute atomic E-state index is 14.0. The van der Waals surface area contributed by atoms with Gasteiger partial charge in [0.2, 0.25) is 0 Å². The Morgan fingerprint density at radius 1 is 1.25 bits per heavy atom. The third-order valence-corrected chi connectivity index (χ3v) is 4.23. The molecule has 2 aromatic rings. The van der Waals surface area contributed by atoms with E-state index in [1.54, 1.807) is 18.2 Å². The lowest BCUT2D eigenvalue weighted by Crippen LogP contribution is -2.16. The first-order chi connectivity index (χ1) is 9.45. The highest BCUT2D eigenvalue weighted by Crippen LogP contribution is 2.34. The van der Waals surface area contributed by atoms with Gasteiger partial charge in [-0.2, -0.15) is 0 Å². The molecule has 0 radical (unpaired) electrons. The molecule has 2 aromatic carbocycles. The molecule has 0 bridgehead atoms. The van der Waals surface area contributed by atoms with Crippen molar-refractivity contribution in [2.24, 2.45) is 5.73 Å². The first kappa shape index (κ1) is 15.2. The van der Waals surface area contributed by atoms with Crippen LogP contribution in [0.25, 0.3) is 0 Å². The fourth-order valence-electron chi connectivity index (χ4n) is 1.89. The highest BCUT2D eigenvalue weighted by atomic mass is 79.9. The quantitative estimate of drug-likeness (QED) is 0.876. The van der Waals surface area contributed by atoms with Gasteiger partial charge in [-0.25, -0.2) is 8.78 Å². The van der Waals surface area contributed by atoms with E-state index in [2.05, 4.69) is 15.9 Å². The van der Waals surface area contributed by atoms with Crippen LogP contribution in [0.3, 0.4) is 0 Å². The molecular formula is C14H11BrClF2NO. The third kappa shape index (κ3) is 2.80. The van der Waals surface area contributed by atoms with E-state index in [1.165, 1.54) is 7.11 Å². The molecule has 1 unspecified atom stereocenters. The second kappa shape index (κ2) is 6.08. The third-order valence-electron chi connectivity index (χ3n) is 2.92. The van der Waals surface area contributed by atoms with Crippen molar-refractivity contribution in [3.63, 3.8) is 0 Å². The monoisotopic (exact) mass is 361 g/mol. The Labute approximate surface area is 128 Å². The molecule has 0 spiro atoms. The van der Waals surface area contributed by atoms with Crippen molar-refractivity contribution in [3.8, 4) is 5.75 Å². The first-order valence-corrected chi connectivity index (χ1v) is 6.85. The first-order valence-electron chi connectivity index (χ1n) is 5.68. The largest absolute Gasteiger partial charge is 0.497 e. The summed E-state index contributed by atoms with van der Waals surface area (Å²) in [5.74, 6) is -1.45. The summed E-state index contributed by atoms with van der Waals surface area (Å²) in [6, 6.07) is 6.21. The summed E-state index contributed by atoms with van der Waals surface area (Å²) < 4.78 is 33.4. The molecule has 0 aliphatic carbocycles. The lowest BCUT2D eigenvalue weighted by molar-refractivity contribution is 0.404.